The molecule has 364 valence electrons. The van der Waals surface area contributed by atoms with E-state index in [1.54, 1.807) is 0 Å². The summed E-state index contributed by atoms with van der Waals surface area (Å²) in [7, 11) is 0. The minimum atomic E-state index is -0.784. The lowest BCUT2D eigenvalue weighted by atomic mass is 10.0. The molecule has 0 amide bonds. The molecule has 0 aromatic carbocycles. The van der Waals surface area contributed by atoms with Gasteiger partial charge in [-0.05, 0) is 70.6 Å². The summed E-state index contributed by atoms with van der Waals surface area (Å²) < 4.78 is 16.8. The van der Waals surface area contributed by atoms with Crippen LogP contribution in [0.2, 0.25) is 0 Å². The maximum atomic E-state index is 12.8. The van der Waals surface area contributed by atoms with Crippen molar-refractivity contribution in [2.45, 2.75) is 271 Å². The highest BCUT2D eigenvalue weighted by Crippen LogP contribution is 2.15. The highest BCUT2D eigenvalue weighted by molar-refractivity contribution is 5.71. The van der Waals surface area contributed by atoms with E-state index in [0.29, 0.717) is 19.3 Å². The van der Waals surface area contributed by atoms with E-state index in [4.69, 9.17) is 14.2 Å². The molecule has 6 nitrogen and oxygen atoms in total. The van der Waals surface area contributed by atoms with Gasteiger partial charge in [-0.1, -0.05) is 236 Å². The van der Waals surface area contributed by atoms with Gasteiger partial charge >= 0.3 is 17.9 Å². The summed E-state index contributed by atoms with van der Waals surface area (Å²) in [6, 6.07) is 0. The van der Waals surface area contributed by atoms with Crippen LogP contribution in [0.1, 0.15) is 265 Å². The van der Waals surface area contributed by atoms with Crippen LogP contribution < -0.4 is 0 Å². The standard InChI is InChI=1S/C57H100O6/c1-4-7-10-13-16-19-22-25-27-28-29-31-32-35-38-41-44-47-50-56(59)62-53-54(52-61-55(58)49-46-43-40-37-34-24-21-18-15-12-9-6-3)63-57(60)51-48-45-42-39-36-33-30-26-23-20-17-14-11-8-5-2/h16,18-19,21-22,25,27-29,31,54H,4-15,17,20,23-24,26,30,32-53H2,1-3H3/b19-16-,21-18-,25-22-,28-27-,31-29-. The van der Waals surface area contributed by atoms with Gasteiger partial charge in [-0.3, -0.25) is 14.4 Å². The lowest BCUT2D eigenvalue weighted by molar-refractivity contribution is -0.167. The molecule has 0 fully saturated rings. The minimum absolute atomic E-state index is 0.0845. The van der Waals surface area contributed by atoms with E-state index in [-0.39, 0.29) is 31.1 Å². The molecule has 0 aliphatic carbocycles. The average Bonchev–Trinajstić information content (AvgIpc) is 3.28. The average molecular weight is 881 g/mol. The van der Waals surface area contributed by atoms with Crippen molar-refractivity contribution in [2.24, 2.45) is 0 Å². The Morgan fingerprint density at radius 3 is 0.968 bits per heavy atom. The van der Waals surface area contributed by atoms with Gasteiger partial charge in [0.1, 0.15) is 13.2 Å². The number of esters is 3. The van der Waals surface area contributed by atoms with Gasteiger partial charge in [0.15, 0.2) is 6.10 Å². The van der Waals surface area contributed by atoms with Gasteiger partial charge in [-0.25, -0.2) is 0 Å². The fourth-order valence-corrected chi connectivity index (χ4v) is 7.51. The number of rotatable bonds is 48. The molecule has 0 aliphatic rings. The second-order valence-corrected chi connectivity index (χ2v) is 17.9. The molecule has 63 heavy (non-hydrogen) atoms. The van der Waals surface area contributed by atoms with Crippen LogP contribution in [0.15, 0.2) is 60.8 Å². The Morgan fingerprint density at radius 2 is 0.587 bits per heavy atom. The highest BCUT2D eigenvalue weighted by Gasteiger charge is 2.19. The number of carbonyl (C=O) groups is 3. The van der Waals surface area contributed by atoms with Gasteiger partial charge in [0.25, 0.3) is 0 Å². The van der Waals surface area contributed by atoms with E-state index in [1.807, 2.05) is 0 Å². The molecule has 1 atom stereocenters. The first kappa shape index (κ1) is 60.1. The fourth-order valence-electron chi connectivity index (χ4n) is 7.51. The summed E-state index contributed by atoms with van der Waals surface area (Å²) in [5, 5.41) is 0. The summed E-state index contributed by atoms with van der Waals surface area (Å²) >= 11 is 0. The molecule has 0 bridgehead atoms. The van der Waals surface area contributed by atoms with E-state index < -0.39 is 6.10 Å². The molecular weight excluding hydrogens is 781 g/mol. The molecule has 0 aromatic rings. The Morgan fingerprint density at radius 1 is 0.317 bits per heavy atom. The normalized spacial score (nSPS) is 12.5. The number of unbranched alkanes of at least 4 members (excludes halogenated alkanes) is 30. The fraction of sp³-hybridized carbons (Fsp3) is 0.772. The van der Waals surface area contributed by atoms with Crippen LogP contribution in [0.5, 0.6) is 0 Å². The number of hydrogen-bond acceptors (Lipinski definition) is 6. The molecule has 0 heterocycles. The molecule has 0 N–H and O–H groups in total. The van der Waals surface area contributed by atoms with Gasteiger partial charge in [-0.2, -0.15) is 0 Å². The zero-order chi connectivity index (χ0) is 45.8. The first-order valence-electron chi connectivity index (χ1n) is 26.8. The number of carbonyl (C=O) groups excluding carboxylic acids is 3. The quantitative estimate of drug-likeness (QED) is 0.0199. The van der Waals surface area contributed by atoms with E-state index in [0.717, 1.165) is 89.9 Å². The van der Waals surface area contributed by atoms with Crippen molar-refractivity contribution in [2.75, 3.05) is 13.2 Å². The molecule has 0 spiro atoms. The highest BCUT2D eigenvalue weighted by atomic mass is 16.6. The maximum Gasteiger partial charge on any atom is 0.306 e. The Hall–Kier alpha value is -2.89. The van der Waals surface area contributed by atoms with Gasteiger partial charge in [0.2, 0.25) is 0 Å². The lowest BCUT2D eigenvalue weighted by Crippen LogP contribution is -2.30. The van der Waals surface area contributed by atoms with E-state index in [1.165, 1.54) is 135 Å². The third-order valence-electron chi connectivity index (χ3n) is 11.6. The smallest absolute Gasteiger partial charge is 0.306 e. The molecule has 0 saturated carbocycles. The van der Waals surface area contributed by atoms with E-state index in [2.05, 4.69) is 81.5 Å². The van der Waals surface area contributed by atoms with Crippen LogP contribution in [0.3, 0.4) is 0 Å². The molecular formula is C57H100O6. The first-order chi connectivity index (χ1) is 31.0. The number of ether oxygens (including phenoxy) is 3. The SMILES string of the molecule is CCCCC\C=C/C=C\C=C/C=C\CCCCCCCC(=O)OCC(COC(=O)CCCCCCC/C=C\CCCCC)OC(=O)CCCCCCCCCCCCCCCCC. The predicted molar refractivity (Wildman–Crippen MR) is 270 cm³/mol. The van der Waals surface area contributed by atoms with Gasteiger partial charge < -0.3 is 14.2 Å². The van der Waals surface area contributed by atoms with Gasteiger partial charge in [0.05, 0.1) is 0 Å². The Bertz CT molecular complexity index is 1150. The second-order valence-electron chi connectivity index (χ2n) is 17.9. The molecule has 6 heteroatoms. The van der Waals surface area contributed by atoms with E-state index in [9.17, 15) is 14.4 Å². The predicted octanol–water partition coefficient (Wildman–Crippen LogP) is 17.6. The Balaban J connectivity index is 4.41. The van der Waals surface area contributed by atoms with Crippen molar-refractivity contribution in [1.82, 2.24) is 0 Å². The van der Waals surface area contributed by atoms with E-state index >= 15 is 0 Å². The molecule has 0 radical (unpaired) electrons. The summed E-state index contributed by atoms with van der Waals surface area (Å²) in [4.78, 5) is 38.0. The van der Waals surface area contributed by atoms with Crippen LogP contribution in [-0.2, 0) is 28.6 Å². The zero-order valence-electron chi connectivity index (χ0n) is 41.6. The number of hydrogen-bond donors (Lipinski definition) is 0. The van der Waals surface area contributed by atoms with Crippen molar-refractivity contribution in [3.05, 3.63) is 60.8 Å². The maximum absolute atomic E-state index is 12.8. The molecule has 1 unspecified atom stereocenters. The molecule has 0 aliphatic heterocycles. The Labute approximate surface area is 390 Å². The van der Waals surface area contributed by atoms with Crippen molar-refractivity contribution in [3.8, 4) is 0 Å². The van der Waals surface area contributed by atoms with Gasteiger partial charge in [0, 0.05) is 19.3 Å². The molecule has 0 aromatic heterocycles. The van der Waals surface area contributed by atoms with Crippen LogP contribution in [0, 0.1) is 0 Å². The van der Waals surface area contributed by atoms with Crippen molar-refractivity contribution in [1.29, 1.82) is 0 Å². The lowest BCUT2D eigenvalue weighted by Gasteiger charge is -2.18. The Kier molecular flexibility index (Phi) is 49.4. The van der Waals surface area contributed by atoms with Crippen LogP contribution in [0.25, 0.3) is 0 Å². The third kappa shape index (κ3) is 50.0. The summed E-state index contributed by atoms with van der Waals surface area (Å²) in [6.45, 7) is 6.56. The summed E-state index contributed by atoms with van der Waals surface area (Å²) in [5.74, 6) is -0.908. The zero-order valence-corrected chi connectivity index (χ0v) is 41.6. The van der Waals surface area contributed by atoms with Crippen LogP contribution in [0.4, 0.5) is 0 Å². The monoisotopic (exact) mass is 881 g/mol. The van der Waals surface area contributed by atoms with Crippen LogP contribution >= 0.6 is 0 Å². The molecule has 0 saturated heterocycles. The van der Waals surface area contributed by atoms with Crippen molar-refractivity contribution < 1.29 is 28.6 Å². The minimum Gasteiger partial charge on any atom is -0.462 e. The van der Waals surface area contributed by atoms with Crippen molar-refractivity contribution in [3.63, 3.8) is 0 Å². The summed E-state index contributed by atoms with van der Waals surface area (Å²) in [6.07, 6.45) is 63.4. The van der Waals surface area contributed by atoms with Gasteiger partial charge in [-0.15, -0.1) is 0 Å². The van der Waals surface area contributed by atoms with Crippen molar-refractivity contribution >= 4 is 17.9 Å². The van der Waals surface area contributed by atoms with Crippen LogP contribution in [-0.4, -0.2) is 37.2 Å². The largest absolute Gasteiger partial charge is 0.462 e. The first-order valence-corrected chi connectivity index (χ1v) is 26.8. The second kappa shape index (κ2) is 51.7. The molecule has 0 rings (SSSR count). The number of allylic oxidation sites excluding steroid dienone is 10. The topological polar surface area (TPSA) is 78.9 Å². The summed E-state index contributed by atoms with van der Waals surface area (Å²) in [5.41, 5.74) is 0. The third-order valence-corrected chi connectivity index (χ3v) is 11.6.